The molecule has 1 aromatic heterocycles. The van der Waals surface area contributed by atoms with Crippen LogP contribution in [0.25, 0.3) is 10.9 Å². The van der Waals surface area contributed by atoms with E-state index in [9.17, 15) is 0 Å². The number of H-pyrrole nitrogens is 1. The molecule has 2 aromatic rings. The second-order valence-electron chi connectivity index (χ2n) is 5.33. The van der Waals surface area contributed by atoms with Crippen LogP contribution in [0.4, 0.5) is 0 Å². The Balaban J connectivity index is 1.99. The molecule has 1 fully saturated rings. The Bertz CT molecular complexity index is 567. The van der Waals surface area contributed by atoms with Gasteiger partial charge in [-0.25, -0.2) is 0 Å². The quantitative estimate of drug-likeness (QED) is 0.886. The molecule has 2 N–H and O–H groups in total. The van der Waals surface area contributed by atoms with Crippen LogP contribution in [0.15, 0.2) is 18.2 Å². The lowest BCUT2D eigenvalue weighted by Gasteiger charge is -2.22. The number of piperidine rings is 1. The van der Waals surface area contributed by atoms with Gasteiger partial charge in [-0.3, -0.25) is 0 Å². The second kappa shape index (κ2) is 5.25. The number of rotatable bonds is 3. The molecule has 0 bridgehead atoms. The maximum absolute atomic E-state index is 5.60. The van der Waals surface area contributed by atoms with Crippen LogP contribution >= 0.6 is 0 Å². The second-order valence-corrected chi connectivity index (χ2v) is 5.33. The highest BCUT2D eigenvalue weighted by Crippen LogP contribution is 2.33. The molecule has 1 saturated heterocycles. The van der Waals surface area contributed by atoms with Crippen LogP contribution in [0.5, 0.6) is 5.75 Å². The van der Waals surface area contributed by atoms with Gasteiger partial charge in [-0.05, 0) is 63.5 Å². The van der Waals surface area contributed by atoms with Crippen molar-refractivity contribution in [3.05, 3.63) is 29.5 Å². The third kappa shape index (κ3) is 2.35. The van der Waals surface area contributed by atoms with Gasteiger partial charge in [0, 0.05) is 22.5 Å². The number of ether oxygens (including phenoxy) is 1. The number of benzene rings is 1. The zero-order valence-electron chi connectivity index (χ0n) is 11.8. The molecular formula is C16H22N2O. The van der Waals surface area contributed by atoms with Crippen molar-refractivity contribution in [3.8, 4) is 5.75 Å². The average Bonchev–Trinajstić information content (AvgIpc) is 2.78. The molecule has 102 valence electrons. The Morgan fingerprint density at radius 2 is 2.05 bits per heavy atom. The Labute approximate surface area is 114 Å². The smallest absolute Gasteiger partial charge is 0.120 e. The van der Waals surface area contributed by atoms with Crippen molar-refractivity contribution in [2.75, 3.05) is 19.7 Å². The number of aromatic amines is 1. The minimum Gasteiger partial charge on any atom is -0.494 e. The van der Waals surface area contributed by atoms with E-state index < -0.39 is 0 Å². The van der Waals surface area contributed by atoms with Crippen LogP contribution in [-0.4, -0.2) is 24.7 Å². The van der Waals surface area contributed by atoms with Crippen LogP contribution in [0.3, 0.4) is 0 Å². The Morgan fingerprint density at radius 3 is 2.79 bits per heavy atom. The van der Waals surface area contributed by atoms with Crippen molar-refractivity contribution in [2.45, 2.75) is 32.6 Å². The largest absolute Gasteiger partial charge is 0.494 e. The zero-order chi connectivity index (χ0) is 13.2. The molecule has 0 radical (unpaired) electrons. The molecular weight excluding hydrogens is 236 g/mol. The molecule has 0 aliphatic carbocycles. The fourth-order valence-electron chi connectivity index (χ4n) is 3.10. The summed E-state index contributed by atoms with van der Waals surface area (Å²) in [6.45, 7) is 7.23. The monoisotopic (exact) mass is 258 g/mol. The molecule has 1 aliphatic heterocycles. The minimum absolute atomic E-state index is 0.671. The first-order valence-electron chi connectivity index (χ1n) is 7.25. The SMILES string of the molecule is CCOc1ccc2[nH]c(C3CCNCC3)c(C)c2c1. The van der Waals surface area contributed by atoms with E-state index in [1.807, 2.05) is 13.0 Å². The first-order valence-corrected chi connectivity index (χ1v) is 7.25. The molecule has 0 atom stereocenters. The highest BCUT2D eigenvalue weighted by molar-refractivity contribution is 5.86. The Hall–Kier alpha value is -1.48. The van der Waals surface area contributed by atoms with Crippen molar-refractivity contribution < 1.29 is 4.74 Å². The first kappa shape index (κ1) is 12.5. The van der Waals surface area contributed by atoms with Gasteiger partial charge in [0.25, 0.3) is 0 Å². The molecule has 0 spiro atoms. The van der Waals surface area contributed by atoms with Gasteiger partial charge in [0.15, 0.2) is 0 Å². The van der Waals surface area contributed by atoms with Gasteiger partial charge < -0.3 is 15.0 Å². The third-order valence-electron chi connectivity index (χ3n) is 4.13. The summed E-state index contributed by atoms with van der Waals surface area (Å²) >= 11 is 0. The van der Waals surface area contributed by atoms with Gasteiger partial charge in [-0.15, -0.1) is 0 Å². The summed E-state index contributed by atoms with van der Waals surface area (Å²) < 4.78 is 5.60. The van der Waals surface area contributed by atoms with Crippen molar-refractivity contribution in [3.63, 3.8) is 0 Å². The summed E-state index contributed by atoms with van der Waals surface area (Å²) in [5.41, 5.74) is 4.04. The number of hydrogen-bond acceptors (Lipinski definition) is 2. The van der Waals surface area contributed by atoms with Crippen molar-refractivity contribution in [1.82, 2.24) is 10.3 Å². The minimum atomic E-state index is 0.671. The van der Waals surface area contributed by atoms with Gasteiger partial charge in [0.05, 0.1) is 6.61 Å². The molecule has 3 rings (SSSR count). The van der Waals surface area contributed by atoms with E-state index in [0.29, 0.717) is 5.92 Å². The zero-order valence-corrected chi connectivity index (χ0v) is 11.8. The summed E-state index contributed by atoms with van der Waals surface area (Å²) in [4.78, 5) is 3.62. The molecule has 3 nitrogen and oxygen atoms in total. The van der Waals surface area contributed by atoms with E-state index in [1.165, 1.54) is 35.0 Å². The number of fused-ring (bicyclic) bond motifs is 1. The van der Waals surface area contributed by atoms with Gasteiger partial charge in [-0.2, -0.15) is 0 Å². The van der Waals surface area contributed by atoms with Crippen LogP contribution in [0.2, 0.25) is 0 Å². The molecule has 0 unspecified atom stereocenters. The maximum atomic E-state index is 5.60. The van der Waals surface area contributed by atoms with E-state index >= 15 is 0 Å². The Kier molecular flexibility index (Phi) is 3.47. The van der Waals surface area contributed by atoms with Gasteiger partial charge in [-0.1, -0.05) is 0 Å². The number of aryl methyl sites for hydroxylation is 1. The summed E-state index contributed by atoms with van der Waals surface area (Å²) in [7, 11) is 0. The van der Waals surface area contributed by atoms with Crippen molar-refractivity contribution in [1.29, 1.82) is 0 Å². The third-order valence-corrected chi connectivity index (χ3v) is 4.13. The van der Waals surface area contributed by atoms with E-state index in [2.05, 4.69) is 29.4 Å². The van der Waals surface area contributed by atoms with E-state index in [1.54, 1.807) is 0 Å². The molecule has 19 heavy (non-hydrogen) atoms. The first-order chi connectivity index (χ1) is 9.29. The summed E-state index contributed by atoms with van der Waals surface area (Å²) in [5.74, 6) is 1.64. The molecule has 1 aliphatic rings. The average molecular weight is 258 g/mol. The van der Waals surface area contributed by atoms with E-state index in [4.69, 9.17) is 4.74 Å². The lowest BCUT2D eigenvalue weighted by Crippen LogP contribution is -2.27. The number of aromatic nitrogens is 1. The fraction of sp³-hybridized carbons (Fsp3) is 0.500. The van der Waals surface area contributed by atoms with Crippen LogP contribution in [-0.2, 0) is 0 Å². The number of nitrogens with one attached hydrogen (secondary N) is 2. The van der Waals surface area contributed by atoms with Gasteiger partial charge in [0.1, 0.15) is 5.75 Å². The summed E-state index contributed by atoms with van der Waals surface area (Å²) in [6, 6.07) is 6.35. The molecule has 3 heteroatoms. The van der Waals surface area contributed by atoms with Crippen LogP contribution in [0.1, 0.15) is 36.9 Å². The predicted octanol–water partition coefficient (Wildman–Crippen LogP) is 3.34. The highest BCUT2D eigenvalue weighted by atomic mass is 16.5. The van der Waals surface area contributed by atoms with E-state index in [0.717, 1.165) is 25.4 Å². The van der Waals surface area contributed by atoms with Crippen molar-refractivity contribution >= 4 is 10.9 Å². The maximum Gasteiger partial charge on any atom is 0.120 e. The number of hydrogen-bond donors (Lipinski definition) is 2. The molecule has 0 saturated carbocycles. The van der Waals surface area contributed by atoms with Gasteiger partial charge >= 0.3 is 0 Å². The lowest BCUT2D eigenvalue weighted by molar-refractivity contribution is 0.340. The fourth-order valence-corrected chi connectivity index (χ4v) is 3.10. The van der Waals surface area contributed by atoms with Crippen LogP contribution in [0, 0.1) is 6.92 Å². The lowest BCUT2D eigenvalue weighted by atomic mass is 9.92. The molecule has 1 aromatic carbocycles. The Morgan fingerprint density at radius 1 is 1.26 bits per heavy atom. The normalized spacial score (nSPS) is 16.9. The molecule has 2 heterocycles. The standard InChI is InChI=1S/C16H22N2O/c1-3-19-13-4-5-15-14(10-13)11(2)16(18-15)12-6-8-17-9-7-12/h4-5,10,12,17-18H,3,6-9H2,1-2H3. The summed E-state index contributed by atoms with van der Waals surface area (Å²) in [5, 5.41) is 4.73. The topological polar surface area (TPSA) is 37.0 Å². The van der Waals surface area contributed by atoms with Crippen molar-refractivity contribution in [2.24, 2.45) is 0 Å². The molecule has 0 amide bonds. The highest BCUT2D eigenvalue weighted by Gasteiger charge is 2.20. The van der Waals surface area contributed by atoms with E-state index in [-0.39, 0.29) is 0 Å². The summed E-state index contributed by atoms with van der Waals surface area (Å²) in [6.07, 6.45) is 2.46. The predicted molar refractivity (Wildman–Crippen MR) is 79.0 cm³/mol. The van der Waals surface area contributed by atoms with Crippen LogP contribution < -0.4 is 10.1 Å². The van der Waals surface area contributed by atoms with Gasteiger partial charge in [0.2, 0.25) is 0 Å².